The number of amides is 1. The Bertz CT molecular complexity index is 1160. The Morgan fingerprint density at radius 2 is 1.97 bits per heavy atom. The maximum atomic E-state index is 12.8. The summed E-state index contributed by atoms with van der Waals surface area (Å²) in [5.74, 6) is -0.203. The molecule has 2 aromatic rings. The van der Waals surface area contributed by atoms with Crippen LogP contribution in [-0.2, 0) is 21.3 Å². The highest BCUT2D eigenvalue weighted by atomic mass is 32.2. The summed E-state index contributed by atoms with van der Waals surface area (Å²) < 4.78 is 32.8. The van der Waals surface area contributed by atoms with E-state index < -0.39 is 10.0 Å². The van der Waals surface area contributed by atoms with Crippen molar-refractivity contribution in [2.75, 3.05) is 48.8 Å². The van der Waals surface area contributed by atoms with Crippen molar-refractivity contribution in [1.29, 1.82) is 0 Å². The van der Waals surface area contributed by atoms with E-state index >= 15 is 0 Å². The first-order valence-electron chi connectivity index (χ1n) is 10.1. The van der Waals surface area contributed by atoms with Gasteiger partial charge in [-0.15, -0.1) is 4.40 Å². The van der Waals surface area contributed by atoms with Crippen LogP contribution in [0.3, 0.4) is 0 Å². The molecule has 3 aliphatic rings. The first-order chi connectivity index (χ1) is 15.0. The number of nitrogens with one attached hydrogen (secondary N) is 1. The molecule has 10 heteroatoms. The molecule has 0 saturated carbocycles. The van der Waals surface area contributed by atoms with Gasteiger partial charge in [-0.2, -0.15) is 0 Å². The third kappa shape index (κ3) is 4.47. The summed E-state index contributed by atoms with van der Waals surface area (Å²) in [4.78, 5) is 17.9. The average Bonchev–Trinajstić information content (AvgIpc) is 3.10. The smallest absolute Gasteiger partial charge is 0.257 e. The van der Waals surface area contributed by atoms with Gasteiger partial charge in [-0.25, -0.2) is 8.42 Å². The van der Waals surface area contributed by atoms with E-state index in [1.807, 2.05) is 29.2 Å². The molecule has 1 N–H and O–H groups in total. The van der Waals surface area contributed by atoms with Crippen LogP contribution in [0.15, 0.2) is 51.8 Å². The summed E-state index contributed by atoms with van der Waals surface area (Å²) in [7, 11) is -3.40. The van der Waals surface area contributed by atoms with Crippen molar-refractivity contribution in [3.8, 4) is 0 Å². The second kappa shape index (κ2) is 8.27. The molecule has 3 heterocycles. The van der Waals surface area contributed by atoms with Crippen LogP contribution in [0.5, 0.6) is 0 Å². The number of fused-ring (bicyclic) bond motifs is 3. The molecule has 0 atom stereocenters. The van der Waals surface area contributed by atoms with E-state index in [4.69, 9.17) is 4.74 Å². The molecule has 0 radical (unpaired) electrons. The van der Waals surface area contributed by atoms with Gasteiger partial charge in [-0.1, -0.05) is 12.1 Å². The van der Waals surface area contributed by atoms with E-state index in [2.05, 4.69) is 20.7 Å². The van der Waals surface area contributed by atoms with Crippen LogP contribution in [0.4, 0.5) is 11.4 Å². The van der Waals surface area contributed by atoms with Crippen LogP contribution in [0.2, 0.25) is 0 Å². The third-order valence-electron chi connectivity index (χ3n) is 5.43. The lowest BCUT2D eigenvalue weighted by Gasteiger charge is -2.26. The summed E-state index contributed by atoms with van der Waals surface area (Å²) in [5.41, 5.74) is 3.30. The predicted octanol–water partition coefficient (Wildman–Crippen LogP) is 2.38. The van der Waals surface area contributed by atoms with Crippen molar-refractivity contribution >= 4 is 44.2 Å². The van der Waals surface area contributed by atoms with Crippen molar-refractivity contribution in [1.82, 2.24) is 4.90 Å². The number of sulfonamides is 1. The average molecular weight is 459 g/mol. The van der Waals surface area contributed by atoms with Crippen LogP contribution in [0.25, 0.3) is 0 Å². The number of carbonyl (C=O) groups is 1. The monoisotopic (exact) mass is 458 g/mol. The Balaban J connectivity index is 1.29. The number of hydrogen-bond acceptors (Lipinski definition) is 7. The molecule has 162 valence electrons. The molecule has 1 fully saturated rings. The Kier molecular flexibility index (Phi) is 5.47. The highest BCUT2D eigenvalue weighted by molar-refractivity contribution is 8.15. The Morgan fingerprint density at radius 1 is 1.13 bits per heavy atom. The van der Waals surface area contributed by atoms with E-state index in [9.17, 15) is 13.2 Å². The first kappa shape index (κ1) is 20.5. The normalized spacial score (nSPS) is 20.0. The lowest BCUT2D eigenvalue weighted by atomic mass is 10.1. The summed E-state index contributed by atoms with van der Waals surface area (Å²) in [6.07, 6.45) is 0. The fraction of sp³-hybridized carbons (Fsp3) is 0.333. The molecule has 0 aliphatic carbocycles. The Hall–Kier alpha value is -2.40. The van der Waals surface area contributed by atoms with E-state index in [0.717, 1.165) is 54.7 Å². The van der Waals surface area contributed by atoms with Crippen LogP contribution < -0.4 is 10.2 Å². The van der Waals surface area contributed by atoms with Gasteiger partial charge in [0.15, 0.2) is 5.17 Å². The molecule has 0 spiro atoms. The van der Waals surface area contributed by atoms with Crippen LogP contribution in [0, 0.1) is 0 Å². The van der Waals surface area contributed by atoms with Gasteiger partial charge in [-0.3, -0.25) is 9.69 Å². The molecule has 1 saturated heterocycles. The van der Waals surface area contributed by atoms with Gasteiger partial charge in [0.05, 0.1) is 24.7 Å². The summed E-state index contributed by atoms with van der Waals surface area (Å²) in [6.45, 7) is 4.52. The molecule has 31 heavy (non-hydrogen) atoms. The topological polar surface area (TPSA) is 91.3 Å². The van der Waals surface area contributed by atoms with E-state index in [-0.39, 0.29) is 11.7 Å². The number of carbonyl (C=O) groups excluding carboxylic acids is 1. The molecule has 2 aromatic carbocycles. The molecule has 0 bridgehead atoms. The van der Waals surface area contributed by atoms with E-state index in [1.54, 1.807) is 12.1 Å². The second-order valence-corrected chi connectivity index (χ2v) is 10.4. The van der Waals surface area contributed by atoms with Crippen molar-refractivity contribution in [3.05, 3.63) is 53.6 Å². The van der Waals surface area contributed by atoms with Gasteiger partial charge in [0.25, 0.3) is 15.9 Å². The van der Waals surface area contributed by atoms with Gasteiger partial charge in [0.2, 0.25) is 0 Å². The van der Waals surface area contributed by atoms with Crippen molar-refractivity contribution in [2.24, 2.45) is 4.40 Å². The summed E-state index contributed by atoms with van der Waals surface area (Å²) in [6, 6.07) is 13.3. The number of ether oxygens (including phenoxy) is 1. The standard InChI is InChI=1S/C21H22N4O4S2/c26-20(22-17-3-1-2-15(12-17)14-24-6-9-29-10-7-24)16-4-5-18-19(13-16)30-21-23-31(27,28)11-8-25(18)21/h1-5,12-13H,6-11,14H2,(H,22,26). The third-order valence-corrected chi connectivity index (χ3v) is 7.74. The summed E-state index contributed by atoms with van der Waals surface area (Å²) >= 11 is 1.28. The van der Waals surface area contributed by atoms with Gasteiger partial charge in [0.1, 0.15) is 0 Å². The highest BCUT2D eigenvalue weighted by Gasteiger charge is 2.33. The second-order valence-electron chi connectivity index (χ2n) is 7.64. The number of benzene rings is 2. The molecule has 0 aromatic heterocycles. The number of anilines is 2. The van der Waals surface area contributed by atoms with Crippen LogP contribution in [0.1, 0.15) is 15.9 Å². The number of rotatable bonds is 4. The molecular formula is C21H22N4O4S2. The number of morpholine rings is 1. The minimum absolute atomic E-state index is 0.000465. The minimum atomic E-state index is -3.40. The van der Waals surface area contributed by atoms with E-state index in [0.29, 0.717) is 17.3 Å². The number of thioether (sulfide) groups is 1. The van der Waals surface area contributed by atoms with Gasteiger partial charge in [0, 0.05) is 42.3 Å². The number of nitrogens with zero attached hydrogens (tertiary/aromatic N) is 3. The van der Waals surface area contributed by atoms with Crippen molar-refractivity contribution < 1.29 is 17.9 Å². The fourth-order valence-electron chi connectivity index (χ4n) is 3.84. The quantitative estimate of drug-likeness (QED) is 0.752. The van der Waals surface area contributed by atoms with Crippen LogP contribution in [-0.4, -0.2) is 63.0 Å². The largest absolute Gasteiger partial charge is 0.379 e. The molecule has 1 amide bonds. The van der Waals surface area contributed by atoms with Crippen molar-refractivity contribution in [2.45, 2.75) is 11.4 Å². The van der Waals surface area contributed by atoms with Gasteiger partial charge >= 0.3 is 0 Å². The maximum Gasteiger partial charge on any atom is 0.257 e. The SMILES string of the molecule is O=C(Nc1cccc(CN2CCOCC2)c1)c1ccc2c(c1)SC1=NS(=O)(=O)CCN12. The maximum absolute atomic E-state index is 12.8. The molecular weight excluding hydrogens is 436 g/mol. The zero-order valence-corrected chi connectivity index (χ0v) is 18.4. The Labute approximate surface area is 185 Å². The van der Waals surface area contributed by atoms with Crippen molar-refractivity contribution in [3.63, 3.8) is 0 Å². The molecule has 8 nitrogen and oxygen atoms in total. The fourth-order valence-corrected chi connectivity index (χ4v) is 6.14. The zero-order chi connectivity index (χ0) is 21.4. The first-order valence-corrected chi connectivity index (χ1v) is 12.5. The van der Waals surface area contributed by atoms with Gasteiger partial charge in [-0.05, 0) is 47.7 Å². The number of amidine groups is 1. The predicted molar refractivity (Wildman–Crippen MR) is 121 cm³/mol. The summed E-state index contributed by atoms with van der Waals surface area (Å²) in [5, 5.41) is 3.43. The molecule has 0 unspecified atom stereocenters. The Morgan fingerprint density at radius 3 is 2.81 bits per heavy atom. The zero-order valence-electron chi connectivity index (χ0n) is 16.8. The molecule has 3 aliphatic heterocycles. The van der Waals surface area contributed by atoms with Gasteiger partial charge < -0.3 is 15.0 Å². The lowest BCUT2D eigenvalue weighted by molar-refractivity contribution is 0.0342. The molecule has 5 rings (SSSR count). The lowest BCUT2D eigenvalue weighted by Crippen LogP contribution is -2.35. The van der Waals surface area contributed by atoms with E-state index in [1.165, 1.54) is 11.8 Å². The minimum Gasteiger partial charge on any atom is -0.379 e. The number of hydrogen-bond donors (Lipinski definition) is 1. The van der Waals surface area contributed by atoms with Crippen LogP contribution >= 0.6 is 11.8 Å². The highest BCUT2D eigenvalue weighted by Crippen LogP contribution is 2.42.